The molecule has 3 aromatic rings. The number of hydrogen-bond acceptors (Lipinski definition) is 2. The molecule has 4 heteroatoms. The summed E-state index contributed by atoms with van der Waals surface area (Å²) in [6.45, 7) is 9.12. The average Bonchev–Trinajstić information content (AvgIpc) is 2.96. The first-order valence-corrected chi connectivity index (χ1v) is 8.83. The molecule has 0 aliphatic heterocycles. The van der Waals surface area contributed by atoms with Gasteiger partial charge in [-0.2, -0.15) is 5.10 Å². The molecule has 0 radical (unpaired) electrons. The SMILES string of the molecule is Cc1cc(C(=O)Nc2ccc(C(C)(C)C)cc2)nn1Cc1ccccc1. The van der Waals surface area contributed by atoms with E-state index in [0.29, 0.717) is 12.2 Å². The van der Waals surface area contributed by atoms with Gasteiger partial charge >= 0.3 is 0 Å². The van der Waals surface area contributed by atoms with Gasteiger partial charge < -0.3 is 5.32 Å². The van der Waals surface area contributed by atoms with Crippen LogP contribution in [0.15, 0.2) is 60.7 Å². The Bertz CT molecular complexity index is 887. The summed E-state index contributed by atoms with van der Waals surface area (Å²) in [6, 6.07) is 19.9. The van der Waals surface area contributed by atoms with Crippen LogP contribution < -0.4 is 5.32 Å². The summed E-state index contributed by atoms with van der Waals surface area (Å²) in [5, 5.41) is 7.39. The second kappa shape index (κ2) is 7.16. The van der Waals surface area contributed by atoms with Gasteiger partial charge in [0, 0.05) is 11.4 Å². The number of carbonyl (C=O) groups is 1. The Kier molecular flexibility index (Phi) is 4.94. The van der Waals surface area contributed by atoms with Crippen molar-refractivity contribution in [2.45, 2.75) is 39.7 Å². The molecule has 26 heavy (non-hydrogen) atoms. The molecule has 0 bridgehead atoms. The molecule has 0 unspecified atom stereocenters. The maximum Gasteiger partial charge on any atom is 0.276 e. The van der Waals surface area contributed by atoms with Crippen molar-refractivity contribution in [3.05, 3.63) is 83.2 Å². The van der Waals surface area contributed by atoms with Gasteiger partial charge in [0.2, 0.25) is 0 Å². The molecule has 4 nitrogen and oxygen atoms in total. The zero-order chi connectivity index (χ0) is 18.7. The molecule has 1 N–H and O–H groups in total. The van der Waals surface area contributed by atoms with Crippen molar-refractivity contribution in [2.24, 2.45) is 0 Å². The third kappa shape index (κ3) is 4.20. The van der Waals surface area contributed by atoms with Gasteiger partial charge in [0.25, 0.3) is 5.91 Å². The second-order valence-electron chi connectivity index (χ2n) is 7.60. The molecule has 0 aliphatic rings. The Morgan fingerprint density at radius 3 is 2.31 bits per heavy atom. The van der Waals surface area contributed by atoms with Gasteiger partial charge in [-0.15, -0.1) is 0 Å². The number of aryl methyl sites for hydroxylation is 1. The number of amides is 1. The fourth-order valence-corrected chi connectivity index (χ4v) is 2.79. The van der Waals surface area contributed by atoms with Crippen LogP contribution in [0.3, 0.4) is 0 Å². The van der Waals surface area contributed by atoms with Gasteiger partial charge in [-0.1, -0.05) is 63.2 Å². The summed E-state index contributed by atoms with van der Waals surface area (Å²) in [4.78, 5) is 12.5. The van der Waals surface area contributed by atoms with Gasteiger partial charge in [0.1, 0.15) is 0 Å². The monoisotopic (exact) mass is 347 g/mol. The molecule has 0 saturated heterocycles. The van der Waals surface area contributed by atoms with E-state index in [4.69, 9.17) is 0 Å². The number of nitrogens with one attached hydrogen (secondary N) is 1. The van der Waals surface area contributed by atoms with Gasteiger partial charge in [-0.05, 0) is 41.7 Å². The van der Waals surface area contributed by atoms with Crippen molar-refractivity contribution >= 4 is 11.6 Å². The zero-order valence-electron chi connectivity index (χ0n) is 15.8. The van der Waals surface area contributed by atoms with Gasteiger partial charge in [-0.25, -0.2) is 0 Å². The average molecular weight is 347 g/mol. The van der Waals surface area contributed by atoms with Crippen LogP contribution in [0.1, 0.15) is 48.1 Å². The molecule has 1 aromatic heterocycles. The van der Waals surface area contributed by atoms with Crippen molar-refractivity contribution < 1.29 is 4.79 Å². The lowest BCUT2D eigenvalue weighted by Crippen LogP contribution is -2.14. The van der Waals surface area contributed by atoms with E-state index in [0.717, 1.165) is 16.9 Å². The van der Waals surface area contributed by atoms with E-state index in [1.54, 1.807) is 0 Å². The minimum Gasteiger partial charge on any atom is -0.321 e. The summed E-state index contributed by atoms with van der Waals surface area (Å²) in [7, 11) is 0. The number of carbonyl (C=O) groups excluding carboxylic acids is 1. The van der Waals surface area contributed by atoms with E-state index >= 15 is 0 Å². The summed E-state index contributed by atoms with van der Waals surface area (Å²) < 4.78 is 1.85. The number of nitrogens with zero attached hydrogens (tertiary/aromatic N) is 2. The highest BCUT2D eigenvalue weighted by Crippen LogP contribution is 2.23. The van der Waals surface area contributed by atoms with Gasteiger partial charge in [-0.3, -0.25) is 9.48 Å². The first-order valence-electron chi connectivity index (χ1n) is 8.83. The highest BCUT2D eigenvalue weighted by Gasteiger charge is 2.15. The number of anilines is 1. The Hall–Kier alpha value is -2.88. The van der Waals surface area contributed by atoms with Crippen LogP contribution >= 0.6 is 0 Å². The number of benzene rings is 2. The quantitative estimate of drug-likeness (QED) is 0.737. The van der Waals surface area contributed by atoms with Crippen LogP contribution in [-0.2, 0) is 12.0 Å². The summed E-state index contributed by atoms with van der Waals surface area (Å²) in [6.07, 6.45) is 0. The van der Waals surface area contributed by atoms with Gasteiger partial charge in [0.05, 0.1) is 6.54 Å². The van der Waals surface area contributed by atoms with Crippen LogP contribution in [-0.4, -0.2) is 15.7 Å². The molecule has 0 fully saturated rings. The predicted molar refractivity (Wildman–Crippen MR) is 106 cm³/mol. The fourth-order valence-electron chi connectivity index (χ4n) is 2.79. The summed E-state index contributed by atoms with van der Waals surface area (Å²) >= 11 is 0. The minimum absolute atomic E-state index is 0.0931. The van der Waals surface area contributed by atoms with E-state index in [1.165, 1.54) is 5.56 Å². The lowest BCUT2D eigenvalue weighted by Gasteiger charge is -2.19. The van der Waals surface area contributed by atoms with Crippen LogP contribution in [0.25, 0.3) is 0 Å². The molecule has 1 amide bonds. The first kappa shape index (κ1) is 17.9. The lowest BCUT2D eigenvalue weighted by molar-refractivity contribution is 0.102. The van der Waals surface area contributed by atoms with Crippen molar-refractivity contribution in [3.8, 4) is 0 Å². The van der Waals surface area contributed by atoms with Crippen LogP contribution in [0.4, 0.5) is 5.69 Å². The molecular formula is C22H25N3O. The second-order valence-corrected chi connectivity index (χ2v) is 7.60. The maximum absolute atomic E-state index is 12.5. The normalized spacial score (nSPS) is 11.4. The topological polar surface area (TPSA) is 46.9 Å². The molecule has 3 rings (SSSR count). The third-order valence-electron chi connectivity index (χ3n) is 4.40. The highest BCUT2D eigenvalue weighted by molar-refractivity contribution is 6.02. The molecule has 0 saturated carbocycles. The Morgan fingerprint density at radius 1 is 1.04 bits per heavy atom. The Morgan fingerprint density at radius 2 is 1.69 bits per heavy atom. The Labute approximate surface area is 154 Å². The van der Waals surface area contributed by atoms with E-state index in [-0.39, 0.29) is 11.3 Å². The molecule has 2 aromatic carbocycles. The number of hydrogen-bond donors (Lipinski definition) is 1. The lowest BCUT2D eigenvalue weighted by atomic mass is 9.87. The van der Waals surface area contributed by atoms with Crippen molar-refractivity contribution in [1.82, 2.24) is 9.78 Å². The van der Waals surface area contributed by atoms with Crippen molar-refractivity contribution in [2.75, 3.05) is 5.32 Å². The molecule has 134 valence electrons. The van der Waals surface area contributed by atoms with Crippen LogP contribution in [0.5, 0.6) is 0 Å². The van der Waals surface area contributed by atoms with Crippen molar-refractivity contribution in [3.63, 3.8) is 0 Å². The summed E-state index contributed by atoms with van der Waals surface area (Å²) in [5.41, 5.74) is 4.65. The number of rotatable bonds is 4. The van der Waals surface area contributed by atoms with Gasteiger partial charge in [0.15, 0.2) is 5.69 Å². The highest BCUT2D eigenvalue weighted by atomic mass is 16.1. The Balaban J connectivity index is 1.71. The number of aromatic nitrogens is 2. The van der Waals surface area contributed by atoms with Crippen LogP contribution in [0, 0.1) is 6.92 Å². The largest absolute Gasteiger partial charge is 0.321 e. The third-order valence-corrected chi connectivity index (χ3v) is 4.40. The standard InChI is InChI=1S/C22H25N3O/c1-16-14-20(24-25(16)15-17-8-6-5-7-9-17)21(26)23-19-12-10-18(11-13-19)22(2,3)4/h5-14H,15H2,1-4H3,(H,23,26). The predicted octanol–water partition coefficient (Wildman–Crippen LogP) is 4.79. The fraction of sp³-hybridized carbons (Fsp3) is 0.273. The minimum atomic E-state index is -0.191. The maximum atomic E-state index is 12.5. The van der Waals surface area contributed by atoms with E-state index in [1.807, 2.05) is 48.0 Å². The first-order chi connectivity index (χ1) is 12.3. The molecular weight excluding hydrogens is 322 g/mol. The molecule has 0 aliphatic carbocycles. The molecule has 1 heterocycles. The molecule has 0 spiro atoms. The van der Waals surface area contributed by atoms with Crippen LogP contribution in [0.2, 0.25) is 0 Å². The molecule has 0 atom stereocenters. The summed E-state index contributed by atoms with van der Waals surface area (Å²) in [5.74, 6) is -0.191. The smallest absolute Gasteiger partial charge is 0.276 e. The van der Waals surface area contributed by atoms with E-state index in [2.05, 4.69) is 55.5 Å². The zero-order valence-corrected chi connectivity index (χ0v) is 15.8. The van der Waals surface area contributed by atoms with E-state index in [9.17, 15) is 4.79 Å². The van der Waals surface area contributed by atoms with Crippen molar-refractivity contribution in [1.29, 1.82) is 0 Å². The van der Waals surface area contributed by atoms with E-state index < -0.39 is 0 Å².